The van der Waals surface area contributed by atoms with Gasteiger partial charge in [-0.1, -0.05) is 41.4 Å². The molecule has 0 aliphatic heterocycles. The van der Waals surface area contributed by atoms with Gasteiger partial charge in [0.1, 0.15) is 5.75 Å². The number of nitrogens with two attached hydrogens (primary N) is 1. The molecule has 2 aromatic carbocycles. The molecule has 0 spiro atoms. The van der Waals surface area contributed by atoms with Crippen LogP contribution in [-0.2, 0) is 0 Å². The highest BCUT2D eigenvalue weighted by molar-refractivity contribution is 6.44. The number of primary amides is 1. The highest BCUT2D eigenvalue weighted by Gasteiger charge is 2.17. The lowest BCUT2D eigenvalue weighted by atomic mass is 9.98. The molecule has 0 aliphatic rings. The zero-order valence-electron chi connectivity index (χ0n) is 9.15. The first-order valence-corrected chi connectivity index (χ1v) is 5.84. The lowest BCUT2D eigenvalue weighted by Gasteiger charge is -2.11. The maximum absolute atomic E-state index is 11.4. The molecule has 0 aromatic heterocycles. The summed E-state index contributed by atoms with van der Waals surface area (Å²) in [4.78, 5) is 11.4. The Morgan fingerprint density at radius 3 is 2.44 bits per heavy atom. The molecule has 92 valence electrons. The molecule has 0 atom stereocenters. The van der Waals surface area contributed by atoms with E-state index in [2.05, 4.69) is 0 Å². The number of carbonyl (C=O) groups excluding carboxylic acids is 1. The number of hydrogen-bond donors (Lipinski definition) is 2. The molecule has 2 rings (SSSR count). The second-order valence-corrected chi connectivity index (χ2v) is 4.45. The van der Waals surface area contributed by atoms with E-state index in [0.717, 1.165) is 0 Å². The Morgan fingerprint density at radius 1 is 1.11 bits per heavy atom. The third kappa shape index (κ3) is 2.15. The predicted octanol–water partition coefficient (Wildman–Crippen LogP) is 3.46. The first-order chi connectivity index (χ1) is 8.52. The van der Waals surface area contributed by atoms with Crippen molar-refractivity contribution in [1.82, 2.24) is 0 Å². The van der Waals surface area contributed by atoms with Crippen LogP contribution in [-0.4, -0.2) is 11.0 Å². The van der Waals surface area contributed by atoms with Crippen molar-refractivity contribution in [2.45, 2.75) is 0 Å². The van der Waals surface area contributed by atoms with E-state index < -0.39 is 5.91 Å². The monoisotopic (exact) mass is 281 g/mol. The van der Waals surface area contributed by atoms with Crippen LogP contribution < -0.4 is 5.73 Å². The largest absolute Gasteiger partial charge is 0.507 e. The highest BCUT2D eigenvalue weighted by atomic mass is 35.5. The molecule has 2 aromatic rings. The lowest BCUT2D eigenvalue weighted by molar-refractivity contribution is 0.100. The van der Waals surface area contributed by atoms with Gasteiger partial charge in [-0.2, -0.15) is 0 Å². The fourth-order valence-corrected chi connectivity index (χ4v) is 2.13. The summed E-state index contributed by atoms with van der Waals surface area (Å²) in [5.74, 6) is -0.654. The quantitative estimate of drug-likeness (QED) is 0.885. The first kappa shape index (κ1) is 12.7. The van der Waals surface area contributed by atoms with Crippen molar-refractivity contribution in [2.24, 2.45) is 5.73 Å². The number of halogens is 2. The molecule has 0 unspecified atom stereocenters. The molecule has 18 heavy (non-hydrogen) atoms. The number of aromatic hydroxyl groups is 1. The van der Waals surface area contributed by atoms with Gasteiger partial charge in [0.2, 0.25) is 5.91 Å². The smallest absolute Gasteiger partial charge is 0.249 e. The minimum absolute atomic E-state index is 0.0573. The molecule has 0 heterocycles. The Kier molecular flexibility index (Phi) is 3.45. The Morgan fingerprint density at radius 2 is 1.78 bits per heavy atom. The highest BCUT2D eigenvalue weighted by Crippen LogP contribution is 2.41. The molecular weight excluding hydrogens is 273 g/mol. The minimum atomic E-state index is -0.596. The fraction of sp³-hybridized carbons (Fsp3) is 0. The van der Waals surface area contributed by atoms with Crippen molar-refractivity contribution in [3.63, 3.8) is 0 Å². The van der Waals surface area contributed by atoms with E-state index >= 15 is 0 Å². The standard InChI is InChI=1S/C13H9Cl2NO2/c14-9-5-6-10(17)11(12(9)15)7-3-1-2-4-8(7)13(16)18/h1-6,17H,(H2,16,18). The molecule has 0 fully saturated rings. The summed E-state index contributed by atoms with van der Waals surface area (Å²) in [5.41, 5.74) is 6.33. The number of hydrogen-bond acceptors (Lipinski definition) is 2. The van der Waals surface area contributed by atoms with Crippen LogP contribution in [0.1, 0.15) is 10.4 Å². The van der Waals surface area contributed by atoms with E-state index in [4.69, 9.17) is 28.9 Å². The van der Waals surface area contributed by atoms with Crippen LogP contribution in [0, 0.1) is 0 Å². The van der Waals surface area contributed by atoms with Crippen molar-refractivity contribution in [3.8, 4) is 16.9 Å². The van der Waals surface area contributed by atoms with E-state index in [1.54, 1.807) is 24.3 Å². The SMILES string of the molecule is NC(=O)c1ccccc1-c1c(O)ccc(Cl)c1Cl. The first-order valence-electron chi connectivity index (χ1n) is 5.08. The predicted molar refractivity (Wildman–Crippen MR) is 72.1 cm³/mol. The third-order valence-corrected chi connectivity index (χ3v) is 3.34. The van der Waals surface area contributed by atoms with Crippen molar-refractivity contribution >= 4 is 29.1 Å². The molecule has 0 radical (unpaired) electrons. The Labute approximate surface area is 114 Å². The normalized spacial score (nSPS) is 10.3. The van der Waals surface area contributed by atoms with Gasteiger partial charge in [0, 0.05) is 11.1 Å². The van der Waals surface area contributed by atoms with Crippen LogP contribution in [0.15, 0.2) is 36.4 Å². The second kappa shape index (κ2) is 4.88. The average molecular weight is 282 g/mol. The molecule has 1 amide bonds. The molecule has 0 bridgehead atoms. The maximum atomic E-state index is 11.4. The van der Waals surface area contributed by atoms with Gasteiger partial charge in [-0.05, 0) is 23.8 Å². The Hall–Kier alpha value is -1.71. The van der Waals surface area contributed by atoms with Gasteiger partial charge < -0.3 is 10.8 Å². The molecule has 0 saturated heterocycles. The molecule has 0 saturated carbocycles. The topological polar surface area (TPSA) is 63.3 Å². The minimum Gasteiger partial charge on any atom is -0.507 e. The van der Waals surface area contributed by atoms with Crippen molar-refractivity contribution in [2.75, 3.05) is 0 Å². The molecule has 3 N–H and O–H groups in total. The fourth-order valence-electron chi connectivity index (χ4n) is 1.71. The van der Waals surface area contributed by atoms with E-state index in [1.165, 1.54) is 12.1 Å². The van der Waals surface area contributed by atoms with Crippen LogP contribution >= 0.6 is 23.2 Å². The van der Waals surface area contributed by atoms with Gasteiger partial charge in [0.25, 0.3) is 0 Å². The maximum Gasteiger partial charge on any atom is 0.249 e. The second-order valence-electron chi connectivity index (χ2n) is 3.67. The zero-order chi connectivity index (χ0) is 13.3. The summed E-state index contributed by atoms with van der Waals surface area (Å²) in [7, 11) is 0. The number of amides is 1. The van der Waals surface area contributed by atoms with Gasteiger partial charge >= 0.3 is 0 Å². The summed E-state index contributed by atoms with van der Waals surface area (Å²) in [6.07, 6.45) is 0. The molecule has 5 heteroatoms. The lowest BCUT2D eigenvalue weighted by Crippen LogP contribution is -2.12. The van der Waals surface area contributed by atoms with E-state index in [-0.39, 0.29) is 16.3 Å². The summed E-state index contributed by atoms with van der Waals surface area (Å²) >= 11 is 12.0. The summed E-state index contributed by atoms with van der Waals surface area (Å²) in [6.45, 7) is 0. The summed E-state index contributed by atoms with van der Waals surface area (Å²) < 4.78 is 0. The van der Waals surface area contributed by atoms with Crippen molar-refractivity contribution < 1.29 is 9.90 Å². The van der Waals surface area contributed by atoms with Gasteiger partial charge in [-0.3, -0.25) is 4.79 Å². The Bertz CT molecular complexity index is 626. The molecule has 0 aliphatic carbocycles. The average Bonchev–Trinajstić information content (AvgIpc) is 2.35. The summed E-state index contributed by atoms with van der Waals surface area (Å²) in [5, 5.41) is 10.4. The molecular formula is C13H9Cl2NO2. The van der Waals surface area contributed by atoms with E-state index in [0.29, 0.717) is 16.1 Å². The number of phenols is 1. The number of phenolic OH excluding ortho intramolecular Hbond substituents is 1. The van der Waals surface area contributed by atoms with Gasteiger partial charge in [0.15, 0.2) is 0 Å². The van der Waals surface area contributed by atoms with Crippen LogP contribution in [0.5, 0.6) is 5.75 Å². The van der Waals surface area contributed by atoms with Crippen LogP contribution in [0.2, 0.25) is 10.0 Å². The van der Waals surface area contributed by atoms with Gasteiger partial charge in [-0.15, -0.1) is 0 Å². The van der Waals surface area contributed by atoms with Crippen LogP contribution in [0.4, 0.5) is 0 Å². The van der Waals surface area contributed by atoms with E-state index in [9.17, 15) is 9.90 Å². The number of carbonyl (C=O) groups is 1. The van der Waals surface area contributed by atoms with Crippen molar-refractivity contribution in [1.29, 1.82) is 0 Å². The third-order valence-electron chi connectivity index (χ3n) is 2.53. The van der Waals surface area contributed by atoms with E-state index in [1.807, 2.05) is 0 Å². The van der Waals surface area contributed by atoms with Gasteiger partial charge in [0.05, 0.1) is 10.0 Å². The number of rotatable bonds is 2. The van der Waals surface area contributed by atoms with Crippen molar-refractivity contribution in [3.05, 3.63) is 52.0 Å². The van der Waals surface area contributed by atoms with Crippen LogP contribution in [0.3, 0.4) is 0 Å². The van der Waals surface area contributed by atoms with Gasteiger partial charge in [-0.25, -0.2) is 0 Å². The number of benzene rings is 2. The molecule has 3 nitrogen and oxygen atoms in total. The van der Waals surface area contributed by atoms with Crippen LogP contribution in [0.25, 0.3) is 11.1 Å². The Balaban J connectivity index is 2.77. The zero-order valence-corrected chi connectivity index (χ0v) is 10.7. The summed E-state index contributed by atoms with van der Waals surface area (Å²) in [6, 6.07) is 9.51.